The molecule has 0 unspecified atom stereocenters. The fraction of sp³-hybridized carbons (Fsp3) is 0.250. The van der Waals surface area contributed by atoms with Gasteiger partial charge in [0.05, 0.1) is 4.91 Å². The molecule has 5 nitrogen and oxygen atoms in total. The van der Waals surface area contributed by atoms with Gasteiger partial charge in [0.15, 0.2) is 0 Å². The Hall–Kier alpha value is -0.663. The maximum atomic E-state index is 10.4. The van der Waals surface area contributed by atoms with Crippen LogP contribution in [-0.2, 0) is 19.3 Å². The minimum Gasteiger partial charge on any atom is -0.526 e. The number of carbonyl (C=O) groups excluding carboxylic acids is 1. The summed E-state index contributed by atoms with van der Waals surface area (Å²) in [4.78, 5) is 10.0. The number of hydrogen-bond donors (Lipinski definition) is 1. The van der Waals surface area contributed by atoms with Crippen LogP contribution in [0.1, 0.15) is 6.92 Å². The van der Waals surface area contributed by atoms with Gasteiger partial charge in [-0.1, -0.05) is 0 Å². The summed E-state index contributed by atoms with van der Waals surface area (Å²) in [6, 6.07) is 0. The molecule has 7 heteroatoms. The molecule has 0 aliphatic heterocycles. The van der Waals surface area contributed by atoms with Crippen LogP contribution in [-0.4, -0.2) is 29.4 Å². The molecular formula is C4H8O5SSi. The molecule has 0 aromatic rings. The summed E-state index contributed by atoms with van der Waals surface area (Å²) in [5, 5.41) is 0. The van der Waals surface area contributed by atoms with E-state index >= 15 is 0 Å². The van der Waals surface area contributed by atoms with E-state index in [-0.39, 0.29) is 10.5 Å². The molecule has 11 heavy (non-hydrogen) atoms. The van der Waals surface area contributed by atoms with Crippen molar-refractivity contribution in [3.63, 3.8) is 0 Å². The van der Waals surface area contributed by atoms with Crippen molar-refractivity contribution in [2.75, 3.05) is 0 Å². The van der Waals surface area contributed by atoms with Crippen molar-refractivity contribution < 1.29 is 22.2 Å². The second-order valence-electron chi connectivity index (χ2n) is 1.75. The molecule has 0 radical (unpaired) electrons. The average Bonchev–Trinajstić information content (AvgIpc) is 1.85. The van der Waals surface area contributed by atoms with Crippen LogP contribution < -0.4 is 0 Å². The number of allylic oxidation sites excluding steroid dienone is 1. The van der Waals surface area contributed by atoms with Crippen LogP contribution in [0.15, 0.2) is 11.0 Å². The quantitative estimate of drug-likeness (QED) is 0.334. The summed E-state index contributed by atoms with van der Waals surface area (Å²) < 4.78 is 33.1. The van der Waals surface area contributed by atoms with Gasteiger partial charge in [0.2, 0.25) is 10.5 Å². The molecule has 0 aromatic carbocycles. The van der Waals surface area contributed by atoms with Crippen LogP contribution in [0.5, 0.6) is 0 Å². The Morgan fingerprint density at radius 2 is 2.09 bits per heavy atom. The van der Waals surface area contributed by atoms with Gasteiger partial charge in [-0.25, -0.2) is 4.79 Å². The zero-order chi connectivity index (χ0) is 9.07. The van der Waals surface area contributed by atoms with Gasteiger partial charge in [-0.15, -0.1) is 0 Å². The topological polar surface area (TPSA) is 80.7 Å². The van der Waals surface area contributed by atoms with Crippen LogP contribution >= 0.6 is 0 Å². The van der Waals surface area contributed by atoms with Gasteiger partial charge in [0.1, 0.15) is 0 Å². The van der Waals surface area contributed by atoms with E-state index in [1.807, 2.05) is 0 Å². The summed E-state index contributed by atoms with van der Waals surface area (Å²) in [6.45, 7) is 1.10. The average molecular weight is 196 g/mol. The standard InChI is InChI=1S/C4H8O5SSi/c1-3(10(6,7)8)2-4(5)9-11/h2H,1,11H3,(H,6,7,8). The zero-order valence-corrected chi connectivity index (χ0v) is 8.88. The van der Waals surface area contributed by atoms with Gasteiger partial charge in [-0.05, 0) is 6.92 Å². The maximum absolute atomic E-state index is 10.4. The SMILES string of the molecule is CC(=CC(=O)O[SiH3])S(=O)(=O)O. The van der Waals surface area contributed by atoms with Crippen LogP contribution in [0.3, 0.4) is 0 Å². The summed E-state index contributed by atoms with van der Waals surface area (Å²) in [6.07, 6.45) is 0.725. The first kappa shape index (κ1) is 10.3. The summed E-state index contributed by atoms with van der Waals surface area (Å²) in [5.74, 6) is -0.758. The largest absolute Gasteiger partial charge is 0.526 e. The molecule has 0 atom stereocenters. The third kappa shape index (κ3) is 3.91. The summed E-state index contributed by atoms with van der Waals surface area (Å²) >= 11 is 0. The third-order valence-corrected chi connectivity index (χ3v) is 2.26. The lowest BCUT2D eigenvalue weighted by molar-refractivity contribution is -0.128. The molecule has 0 heterocycles. The second-order valence-corrected chi connectivity index (χ2v) is 3.76. The normalized spacial score (nSPS) is 13.1. The van der Waals surface area contributed by atoms with E-state index in [4.69, 9.17) is 4.55 Å². The Balaban J connectivity index is 4.62. The van der Waals surface area contributed by atoms with Gasteiger partial charge < -0.3 is 4.43 Å². The molecule has 0 amide bonds. The lowest BCUT2D eigenvalue weighted by atomic mass is 10.5. The van der Waals surface area contributed by atoms with Crippen molar-refractivity contribution in [2.24, 2.45) is 0 Å². The van der Waals surface area contributed by atoms with Gasteiger partial charge in [-0.2, -0.15) is 8.42 Å². The van der Waals surface area contributed by atoms with E-state index in [2.05, 4.69) is 4.43 Å². The number of hydrogen-bond acceptors (Lipinski definition) is 4. The monoisotopic (exact) mass is 196 g/mol. The van der Waals surface area contributed by atoms with Gasteiger partial charge >= 0.3 is 5.97 Å². The summed E-state index contributed by atoms with van der Waals surface area (Å²) in [7, 11) is -4.04. The molecule has 0 bridgehead atoms. The molecule has 1 N–H and O–H groups in total. The van der Waals surface area contributed by atoms with Gasteiger partial charge in [0.25, 0.3) is 10.1 Å². The molecule has 0 aliphatic rings. The Bertz CT molecular complexity index is 277. The van der Waals surface area contributed by atoms with Crippen LogP contribution in [0.2, 0.25) is 0 Å². The number of carbonyl (C=O) groups is 1. The van der Waals surface area contributed by atoms with Crippen LogP contribution in [0.25, 0.3) is 0 Å². The highest BCUT2D eigenvalue weighted by Crippen LogP contribution is 2.01. The van der Waals surface area contributed by atoms with E-state index in [1.165, 1.54) is 0 Å². The predicted molar refractivity (Wildman–Crippen MR) is 41.3 cm³/mol. The fourth-order valence-electron chi connectivity index (χ4n) is 0.299. The van der Waals surface area contributed by atoms with E-state index in [0.29, 0.717) is 0 Å². The lowest BCUT2D eigenvalue weighted by Crippen LogP contribution is -2.03. The second kappa shape index (κ2) is 3.65. The lowest BCUT2D eigenvalue weighted by Gasteiger charge is -1.94. The van der Waals surface area contributed by atoms with E-state index in [9.17, 15) is 13.2 Å². The van der Waals surface area contributed by atoms with E-state index in [1.54, 1.807) is 0 Å². The Morgan fingerprint density at radius 3 is 2.36 bits per heavy atom. The minimum absolute atomic E-state index is 0.195. The van der Waals surface area contributed by atoms with Crippen molar-refractivity contribution in [3.8, 4) is 0 Å². The van der Waals surface area contributed by atoms with Crippen LogP contribution in [0, 0.1) is 0 Å². The first-order valence-electron chi connectivity index (χ1n) is 2.61. The molecule has 0 aliphatic carbocycles. The molecule has 64 valence electrons. The smallest absolute Gasteiger partial charge is 0.317 e. The molecule has 0 aromatic heterocycles. The molecule has 0 fully saturated rings. The Morgan fingerprint density at radius 1 is 1.64 bits per heavy atom. The van der Waals surface area contributed by atoms with Crippen molar-refractivity contribution in [2.45, 2.75) is 6.92 Å². The summed E-state index contributed by atoms with van der Waals surface area (Å²) in [5.41, 5.74) is 0. The van der Waals surface area contributed by atoms with E-state index in [0.717, 1.165) is 13.0 Å². The maximum Gasteiger partial charge on any atom is 0.317 e. The minimum atomic E-state index is -4.23. The van der Waals surface area contributed by atoms with Crippen LogP contribution in [0.4, 0.5) is 0 Å². The molecular weight excluding hydrogens is 188 g/mol. The molecule has 0 spiro atoms. The highest BCUT2D eigenvalue weighted by molar-refractivity contribution is 7.89. The van der Waals surface area contributed by atoms with Gasteiger partial charge in [-0.3, -0.25) is 4.55 Å². The van der Waals surface area contributed by atoms with Crippen molar-refractivity contribution in [1.82, 2.24) is 0 Å². The van der Waals surface area contributed by atoms with Crippen molar-refractivity contribution >= 4 is 26.6 Å². The van der Waals surface area contributed by atoms with Gasteiger partial charge in [0, 0.05) is 6.08 Å². The predicted octanol–water partition coefficient (Wildman–Crippen LogP) is -1.40. The first-order valence-corrected chi connectivity index (χ1v) is 4.87. The highest BCUT2D eigenvalue weighted by Gasteiger charge is 2.09. The third-order valence-electron chi connectivity index (χ3n) is 0.929. The van der Waals surface area contributed by atoms with E-state index < -0.39 is 21.0 Å². The highest BCUT2D eigenvalue weighted by atomic mass is 32.2. The molecule has 0 saturated heterocycles. The Labute approximate surface area is 67.3 Å². The first-order chi connectivity index (χ1) is 4.88. The fourth-order valence-corrected chi connectivity index (χ4v) is 0.662. The Kier molecular flexibility index (Phi) is 3.43. The molecule has 0 saturated carbocycles. The zero-order valence-electron chi connectivity index (χ0n) is 6.07. The van der Waals surface area contributed by atoms with Crippen molar-refractivity contribution in [3.05, 3.63) is 11.0 Å². The van der Waals surface area contributed by atoms with Crippen molar-refractivity contribution in [1.29, 1.82) is 0 Å². The number of rotatable bonds is 2. The molecule has 0 rings (SSSR count).